The van der Waals surface area contributed by atoms with E-state index < -0.39 is 0 Å². The molecular formula is C11H25NO. The lowest BCUT2D eigenvalue weighted by molar-refractivity contribution is 0.113. The lowest BCUT2D eigenvalue weighted by Crippen LogP contribution is -2.34. The molecule has 0 spiro atoms. The van der Waals surface area contributed by atoms with E-state index >= 15 is 0 Å². The quantitative estimate of drug-likeness (QED) is 0.687. The standard InChI is InChI=1S/C11H25NO/c1-10(2)6-7-12(5)8-11(3,4)9-13/h10,13H,6-9H2,1-5H3. The van der Waals surface area contributed by atoms with Gasteiger partial charge >= 0.3 is 0 Å². The summed E-state index contributed by atoms with van der Waals surface area (Å²) in [5.41, 5.74) is 0.0335. The number of hydrogen-bond donors (Lipinski definition) is 1. The van der Waals surface area contributed by atoms with Gasteiger partial charge in [0.15, 0.2) is 0 Å². The molecule has 80 valence electrons. The Bertz CT molecular complexity index is 132. The van der Waals surface area contributed by atoms with Crippen LogP contribution in [0.5, 0.6) is 0 Å². The molecule has 1 N–H and O–H groups in total. The van der Waals surface area contributed by atoms with E-state index in [1.54, 1.807) is 0 Å². The van der Waals surface area contributed by atoms with Crippen molar-refractivity contribution < 1.29 is 5.11 Å². The summed E-state index contributed by atoms with van der Waals surface area (Å²) in [6.45, 7) is 11.0. The van der Waals surface area contributed by atoms with Crippen molar-refractivity contribution in [2.75, 3.05) is 26.7 Å². The third kappa shape index (κ3) is 7.03. The van der Waals surface area contributed by atoms with E-state index in [0.717, 1.165) is 19.0 Å². The van der Waals surface area contributed by atoms with Crippen LogP contribution in [0.3, 0.4) is 0 Å². The van der Waals surface area contributed by atoms with Crippen molar-refractivity contribution in [2.24, 2.45) is 11.3 Å². The van der Waals surface area contributed by atoms with Crippen molar-refractivity contribution in [2.45, 2.75) is 34.1 Å². The van der Waals surface area contributed by atoms with Crippen LogP contribution in [0.2, 0.25) is 0 Å². The monoisotopic (exact) mass is 187 g/mol. The molecule has 0 amide bonds. The zero-order chi connectivity index (χ0) is 10.5. The highest BCUT2D eigenvalue weighted by Gasteiger charge is 2.18. The first-order valence-electron chi connectivity index (χ1n) is 5.17. The molecule has 0 atom stereocenters. The summed E-state index contributed by atoms with van der Waals surface area (Å²) in [7, 11) is 2.12. The van der Waals surface area contributed by atoms with Crippen molar-refractivity contribution in [3.8, 4) is 0 Å². The van der Waals surface area contributed by atoms with Gasteiger partial charge in [-0.05, 0) is 25.9 Å². The molecule has 0 unspecified atom stereocenters. The van der Waals surface area contributed by atoms with Crippen molar-refractivity contribution in [1.82, 2.24) is 4.90 Å². The van der Waals surface area contributed by atoms with E-state index in [2.05, 4.69) is 39.6 Å². The van der Waals surface area contributed by atoms with Crippen LogP contribution in [0.25, 0.3) is 0 Å². The molecule has 0 bridgehead atoms. The van der Waals surface area contributed by atoms with Crippen LogP contribution in [-0.4, -0.2) is 36.8 Å². The van der Waals surface area contributed by atoms with Crippen molar-refractivity contribution in [3.05, 3.63) is 0 Å². The molecule has 0 rings (SSSR count). The first-order chi connectivity index (χ1) is 5.87. The minimum absolute atomic E-state index is 0.0335. The van der Waals surface area contributed by atoms with Gasteiger partial charge in [-0.1, -0.05) is 27.7 Å². The first-order valence-corrected chi connectivity index (χ1v) is 5.17. The molecule has 0 aromatic heterocycles. The lowest BCUT2D eigenvalue weighted by atomic mass is 9.94. The SMILES string of the molecule is CC(C)CCN(C)CC(C)(C)CO. The summed E-state index contributed by atoms with van der Waals surface area (Å²) in [5, 5.41) is 9.09. The molecule has 0 radical (unpaired) electrons. The normalized spacial score (nSPS) is 12.9. The van der Waals surface area contributed by atoms with Crippen LogP contribution >= 0.6 is 0 Å². The van der Waals surface area contributed by atoms with Crippen LogP contribution < -0.4 is 0 Å². The van der Waals surface area contributed by atoms with Gasteiger partial charge < -0.3 is 10.0 Å². The maximum atomic E-state index is 9.09. The number of hydrogen-bond acceptors (Lipinski definition) is 2. The van der Waals surface area contributed by atoms with Gasteiger partial charge in [-0.15, -0.1) is 0 Å². The van der Waals surface area contributed by atoms with E-state index in [1.165, 1.54) is 6.42 Å². The molecule has 0 saturated carbocycles. The Morgan fingerprint density at radius 3 is 2.23 bits per heavy atom. The average molecular weight is 187 g/mol. The summed E-state index contributed by atoms with van der Waals surface area (Å²) in [5.74, 6) is 0.764. The Morgan fingerprint density at radius 2 is 1.85 bits per heavy atom. The first kappa shape index (κ1) is 12.9. The molecule has 13 heavy (non-hydrogen) atoms. The molecule has 0 aliphatic carbocycles. The Kier molecular flexibility index (Phi) is 5.57. The van der Waals surface area contributed by atoms with Gasteiger partial charge in [0.1, 0.15) is 0 Å². The number of rotatable bonds is 6. The Hall–Kier alpha value is -0.0800. The van der Waals surface area contributed by atoms with Gasteiger partial charge in [0.05, 0.1) is 0 Å². The fraction of sp³-hybridized carbons (Fsp3) is 1.00. The summed E-state index contributed by atoms with van der Waals surface area (Å²) >= 11 is 0. The van der Waals surface area contributed by atoms with Crippen LogP contribution in [-0.2, 0) is 0 Å². The molecular weight excluding hydrogens is 162 g/mol. The smallest absolute Gasteiger partial charge is 0.0494 e. The van der Waals surface area contributed by atoms with E-state index in [-0.39, 0.29) is 12.0 Å². The summed E-state index contributed by atoms with van der Waals surface area (Å²) in [4.78, 5) is 2.30. The van der Waals surface area contributed by atoms with Gasteiger partial charge in [0.25, 0.3) is 0 Å². The number of aliphatic hydroxyl groups excluding tert-OH is 1. The Labute approximate surface area is 82.9 Å². The van der Waals surface area contributed by atoms with E-state index in [9.17, 15) is 0 Å². The minimum atomic E-state index is 0.0335. The molecule has 2 heteroatoms. The molecule has 0 fully saturated rings. The largest absolute Gasteiger partial charge is 0.396 e. The van der Waals surface area contributed by atoms with Gasteiger partial charge in [0, 0.05) is 18.6 Å². The van der Waals surface area contributed by atoms with E-state index in [4.69, 9.17) is 5.11 Å². The third-order valence-corrected chi connectivity index (χ3v) is 2.21. The van der Waals surface area contributed by atoms with Crippen molar-refractivity contribution >= 4 is 0 Å². The highest BCUT2D eigenvalue weighted by molar-refractivity contribution is 4.71. The second-order valence-electron chi connectivity index (χ2n) is 5.24. The third-order valence-electron chi connectivity index (χ3n) is 2.21. The molecule has 0 aliphatic rings. The Morgan fingerprint density at radius 1 is 1.31 bits per heavy atom. The molecule has 0 aliphatic heterocycles. The molecule has 0 saturated heterocycles. The fourth-order valence-corrected chi connectivity index (χ4v) is 1.34. The summed E-state index contributed by atoms with van der Waals surface area (Å²) in [6.07, 6.45) is 1.23. The van der Waals surface area contributed by atoms with Crippen LogP contribution in [0.15, 0.2) is 0 Å². The van der Waals surface area contributed by atoms with Crippen molar-refractivity contribution in [3.63, 3.8) is 0 Å². The maximum Gasteiger partial charge on any atom is 0.0494 e. The lowest BCUT2D eigenvalue weighted by Gasteiger charge is -2.28. The molecule has 0 aromatic carbocycles. The number of nitrogens with zero attached hydrogens (tertiary/aromatic N) is 1. The maximum absolute atomic E-state index is 9.09. The highest BCUT2D eigenvalue weighted by Crippen LogP contribution is 2.15. The van der Waals surface area contributed by atoms with Crippen molar-refractivity contribution in [1.29, 1.82) is 0 Å². The molecule has 0 heterocycles. The zero-order valence-corrected chi connectivity index (χ0v) is 9.80. The summed E-state index contributed by atoms with van der Waals surface area (Å²) in [6, 6.07) is 0. The predicted molar refractivity (Wildman–Crippen MR) is 57.8 cm³/mol. The minimum Gasteiger partial charge on any atom is -0.396 e. The fourth-order valence-electron chi connectivity index (χ4n) is 1.34. The Balaban J connectivity index is 3.67. The summed E-state index contributed by atoms with van der Waals surface area (Å²) < 4.78 is 0. The van der Waals surface area contributed by atoms with Gasteiger partial charge in [0.2, 0.25) is 0 Å². The van der Waals surface area contributed by atoms with Gasteiger partial charge in [-0.25, -0.2) is 0 Å². The topological polar surface area (TPSA) is 23.5 Å². The molecule has 0 aromatic rings. The number of aliphatic hydroxyl groups is 1. The van der Waals surface area contributed by atoms with E-state index in [0.29, 0.717) is 0 Å². The van der Waals surface area contributed by atoms with Gasteiger partial charge in [-0.2, -0.15) is 0 Å². The second kappa shape index (κ2) is 5.61. The van der Waals surface area contributed by atoms with Crippen LogP contribution in [0.1, 0.15) is 34.1 Å². The predicted octanol–water partition coefficient (Wildman–Crippen LogP) is 1.98. The van der Waals surface area contributed by atoms with Crippen LogP contribution in [0, 0.1) is 11.3 Å². The van der Waals surface area contributed by atoms with Crippen LogP contribution in [0.4, 0.5) is 0 Å². The van der Waals surface area contributed by atoms with Gasteiger partial charge in [-0.3, -0.25) is 0 Å². The molecule has 2 nitrogen and oxygen atoms in total. The average Bonchev–Trinajstić information content (AvgIpc) is 2.00. The zero-order valence-electron chi connectivity index (χ0n) is 9.80. The highest BCUT2D eigenvalue weighted by atomic mass is 16.3. The second-order valence-corrected chi connectivity index (χ2v) is 5.24. The van der Waals surface area contributed by atoms with E-state index in [1.807, 2.05) is 0 Å².